The Morgan fingerprint density at radius 1 is 1.28 bits per heavy atom. The molecule has 0 amide bonds. The van der Waals surface area contributed by atoms with Crippen molar-refractivity contribution in [2.45, 2.75) is 20.4 Å². The first-order valence-corrected chi connectivity index (χ1v) is 6.76. The summed E-state index contributed by atoms with van der Waals surface area (Å²) in [6.45, 7) is 8.18. The average molecular weight is 247 g/mol. The molecule has 2 unspecified atom stereocenters. The van der Waals surface area contributed by atoms with Crippen LogP contribution >= 0.6 is 0 Å². The topological polar surface area (TPSA) is 38.2 Å². The summed E-state index contributed by atoms with van der Waals surface area (Å²) in [6.07, 6.45) is 3.74. The Kier molecular flexibility index (Phi) is 2.98. The molecule has 2 aliphatic rings. The number of methoxy groups -OCH3 is 1. The van der Waals surface area contributed by atoms with E-state index in [0.29, 0.717) is 6.01 Å². The van der Waals surface area contributed by atoms with E-state index in [1.165, 1.54) is 18.7 Å². The first kappa shape index (κ1) is 11.9. The Balaban J connectivity index is 1.53. The van der Waals surface area contributed by atoms with Gasteiger partial charge in [0.15, 0.2) is 0 Å². The molecular weight excluding hydrogens is 226 g/mol. The van der Waals surface area contributed by atoms with Gasteiger partial charge in [-0.1, -0.05) is 13.8 Å². The highest BCUT2D eigenvalue weighted by Gasteiger charge is 2.56. The third-order valence-electron chi connectivity index (χ3n) is 4.38. The molecule has 2 heterocycles. The van der Waals surface area contributed by atoms with E-state index in [4.69, 9.17) is 4.74 Å². The summed E-state index contributed by atoms with van der Waals surface area (Å²) in [7, 11) is 1.59. The lowest BCUT2D eigenvalue weighted by Crippen LogP contribution is -2.25. The molecule has 2 atom stereocenters. The Hall–Kier alpha value is -1.16. The highest BCUT2D eigenvalue weighted by atomic mass is 16.5. The molecule has 0 spiro atoms. The first-order valence-electron chi connectivity index (χ1n) is 6.76. The molecule has 18 heavy (non-hydrogen) atoms. The van der Waals surface area contributed by atoms with Crippen molar-refractivity contribution in [1.29, 1.82) is 0 Å². The number of hydrogen-bond donors (Lipinski definition) is 0. The summed E-state index contributed by atoms with van der Waals surface area (Å²) in [5.74, 6) is 3.73. The van der Waals surface area contributed by atoms with Gasteiger partial charge in [-0.3, -0.25) is 4.90 Å². The number of rotatable bonds is 4. The fraction of sp³-hybridized carbons (Fsp3) is 0.714. The van der Waals surface area contributed by atoms with Crippen molar-refractivity contribution >= 4 is 0 Å². The van der Waals surface area contributed by atoms with Crippen LogP contribution in [0.5, 0.6) is 6.01 Å². The maximum absolute atomic E-state index is 4.97. The van der Waals surface area contributed by atoms with Crippen molar-refractivity contribution in [1.82, 2.24) is 14.9 Å². The zero-order valence-corrected chi connectivity index (χ0v) is 11.3. The summed E-state index contributed by atoms with van der Waals surface area (Å²) in [5, 5.41) is 0. The van der Waals surface area contributed by atoms with E-state index in [-0.39, 0.29) is 0 Å². The molecular formula is C14H21N3O. The van der Waals surface area contributed by atoms with Crippen molar-refractivity contribution < 1.29 is 4.74 Å². The van der Waals surface area contributed by atoms with E-state index >= 15 is 0 Å². The van der Waals surface area contributed by atoms with Crippen LogP contribution < -0.4 is 4.74 Å². The molecule has 1 aromatic rings. The Morgan fingerprint density at radius 3 is 2.39 bits per heavy atom. The molecule has 1 saturated heterocycles. The molecule has 1 saturated carbocycles. The second-order valence-corrected chi connectivity index (χ2v) is 5.92. The van der Waals surface area contributed by atoms with E-state index in [1.807, 2.05) is 12.4 Å². The van der Waals surface area contributed by atoms with Crippen LogP contribution in [0.1, 0.15) is 19.4 Å². The van der Waals surface area contributed by atoms with Gasteiger partial charge in [-0.15, -0.1) is 0 Å². The molecule has 1 aromatic heterocycles. The zero-order valence-electron chi connectivity index (χ0n) is 11.3. The van der Waals surface area contributed by atoms with E-state index < -0.39 is 0 Å². The van der Waals surface area contributed by atoms with Gasteiger partial charge in [-0.05, 0) is 23.7 Å². The van der Waals surface area contributed by atoms with Gasteiger partial charge in [0, 0.05) is 37.6 Å². The summed E-state index contributed by atoms with van der Waals surface area (Å²) in [5.41, 5.74) is 1.18. The van der Waals surface area contributed by atoms with Crippen molar-refractivity contribution in [3.63, 3.8) is 0 Å². The van der Waals surface area contributed by atoms with Gasteiger partial charge in [0.2, 0.25) is 0 Å². The molecule has 1 aliphatic heterocycles. The van der Waals surface area contributed by atoms with Crippen LogP contribution in [0.2, 0.25) is 0 Å². The molecule has 0 radical (unpaired) electrons. The van der Waals surface area contributed by atoms with Crippen LogP contribution in [0.3, 0.4) is 0 Å². The van der Waals surface area contributed by atoms with E-state index in [2.05, 4.69) is 28.7 Å². The van der Waals surface area contributed by atoms with Crippen LogP contribution in [-0.2, 0) is 6.54 Å². The number of nitrogens with zero attached hydrogens (tertiary/aromatic N) is 3. The third kappa shape index (κ3) is 2.09. The van der Waals surface area contributed by atoms with Crippen molar-refractivity contribution in [2.75, 3.05) is 20.2 Å². The first-order chi connectivity index (χ1) is 8.69. The minimum atomic E-state index is 0.447. The van der Waals surface area contributed by atoms with E-state index in [9.17, 15) is 0 Å². The smallest absolute Gasteiger partial charge is 0.316 e. The van der Waals surface area contributed by atoms with Gasteiger partial charge < -0.3 is 4.74 Å². The van der Waals surface area contributed by atoms with Crippen LogP contribution in [0, 0.1) is 23.7 Å². The minimum Gasteiger partial charge on any atom is -0.467 e. The second-order valence-electron chi connectivity index (χ2n) is 5.92. The Morgan fingerprint density at radius 2 is 1.89 bits per heavy atom. The van der Waals surface area contributed by atoms with Gasteiger partial charge >= 0.3 is 6.01 Å². The second kappa shape index (κ2) is 4.50. The third-order valence-corrected chi connectivity index (χ3v) is 4.38. The number of ether oxygens (including phenoxy) is 1. The predicted octanol–water partition coefficient (Wildman–Crippen LogP) is 1.82. The Bertz CT molecular complexity index is 406. The number of likely N-dealkylation sites (tertiary alicyclic amines) is 1. The van der Waals surface area contributed by atoms with Gasteiger partial charge in [0.05, 0.1) is 7.11 Å². The fourth-order valence-corrected chi connectivity index (χ4v) is 3.57. The molecule has 0 bridgehead atoms. The highest BCUT2D eigenvalue weighted by Crippen LogP contribution is 2.55. The van der Waals surface area contributed by atoms with Gasteiger partial charge in [-0.2, -0.15) is 0 Å². The maximum atomic E-state index is 4.97. The van der Waals surface area contributed by atoms with Crippen LogP contribution in [0.25, 0.3) is 0 Å². The summed E-state index contributed by atoms with van der Waals surface area (Å²) in [4.78, 5) is 10.8. The zero-order chi connectivity index (χ0) is 12.7. The van der Waals surface area contributed by atoms with Gasteiger partial charge in [-0.25, -0.2) is 9.97 Å². The average Bonchev–Trinajstić information content (AvgIpc) is 2.89. The quantitative estimate of drug-likeness (QED) is 0.813. The van der Waals surface area contributed by atoms with Crippen molar-refractivity contribution in [2.24, 2.45) is 23.7 Å². The van der Waals surface area contributed by atoms with E-state index in [0.717, 1.165) is 30.2 Å². The molecule has 3 rings (SSSR count). The van der Waals surface area contributed by atoms with Crippen LogP contribution in [-0.4, -0.2) is 35.1 Å². The SMILES string of the molecule is COc1ncc(CN2CC3C(C2)C3C(C)C)cn1. The minimum absolute atomic E-state index is 0.447. The highest BCUT2D eigenvalue weighted by molar-refractivity contribution is 5.11. The van der Waals surface area contributed by atoms with Crippen LogP contribution in [0.15, 0.2) is 12.4 Å². The summed E-state index contributed by atoms with van der Waals surface area (Å²) in [6, 6.07) is 0.447. The summed E-state index contributed by atoms with van der Waals surface area (Å²) < 4.78 is 4.97. The molecule has 1 aliphatic carbocycles. The Labute approximate surface area is 108 Å². The number of hydrogen-bond acceptors (Lipinski definition) is 4. The standard InChI is InChI=1S/C14H21N3O/c1-9(2)13-11-7-17(8-12(11)13)6-10-4-15-14(18-3)16-5-10/h4-5,9,11-13H,6-8H2,1-3H3. The maximum Gasteiger partial charge on any atom is 0.316 e. The largest absolute Gasteiger partial charge is 0.467 e. The summed E-state index contributed by atoms with van der Waals surface area (Å²) >= 11 is 0. The number of piperidine rings is 1. The lowest BCUT2D eigenvalue weighted by Gasteiger charge is -2.20. The molecule has 2 fully saturated rings. The van der Waals surface area contributed by atoms with Crippen molar-refractivity contribution in [3.8, 4) is 6.01 Å². The van der Waals surface area contributed by atoms with E-state index in [1.54, 1.807) is 7.11 Å². The number of fused-ring (bicyclic) bond motifs is 1. The van der Waals surface area contributed by atoms with Gasteiger partial charge in [0.1, 0.15) is 0 Å². The molecule has 0 N–H and O–H groups in total. The van der Waals surface area contributed by atoms with Crippen LogP contribution in [0.4, 0.5) is 0 Å². The fourth-order valence-electron chi connectivity index (χ4n) is 3.57. The lowest BCUT2D eigenvalue weighted by atomic mass is 10.0. The monoisotopic (exact) mass is 247 g/mol. The molecule has 4 nitrogen and oxygen atoms in total. The van der Waals surface area contributed by atoms with Crippen molar-refractivity contribution in [3.05, 3.63) is 18.0 Å². The predicted molar refractivity (Wildman–Crippen MR) is 69.2 cm³/mol. The lowest BCUT2D eigenvalue weighted by molar-refractivity contribution is 0.260. The molecule has 4 heteroatoms. The number of aromatic nitrogens is 2. The van der Waals surface area contributed by atoms with Gasteiger partial charge in [0.25, 0.3) is 0 Å². The molecule has 0 aromatic carbocycles. The molecule has 98 valence electrons. The normalized spacial score (nSPS) is 30.6.